The summed E-state index contributed by atoms with van der Waals surface area (Å²) in [6, 6.07) is 23.4. The number of rotatable bonds is 4. The van der Waals surface area contributed by atoms with Crippen LogP contribution in [0.15, 0.2) is 83.5 Å². The number of aromatic nitrogens is 2. The Bertz CT molecular complexity index is 1080. The first-order valence-electron chi connectivity index (χ1n) is 8.27. The summed E-state index contributed by atoms with van der Waals surface area (Å²) in [5.41, 5.74) is 1.74. The topological polar surface area (TPSA) is 46.9 Å². The van der Waals surface area contributed by atoms with Gasteiger partial charge < -0.3 is 5.32 Å². The Morgan fingerprint density at radius 3 is 2.62 bits per heavy atom. The molecule has 4 rings (SSSR count). The third-order valence-corrected chi connectivity index (χ3v) is 5.04. The van der Waals surface area contributed by atoms with Gasteiger partial charge in [-0.1, -0.05) is 70.5 Å². The van der Waals surface area contributed by atoms with Crippen LogP contribution in [0.5, 0.6) is 0 Å². The van der Waals surface area contributed by atoms with Crippen molar-refractivity contribution in [2.75, 3.05) is 5.32 Å². The lowest BCUT2D eigenvalue weighted by Gasteiger charge is -2.11. The predicted molar refractivity (Wildman–Crippen MR) is 107 cm³/mol. The van der Waals surface area contributed by atoms with Gasteiger partial charge in [0.25, 0.3) is 5.91 Å². The summed E-state index contributed by atoms with van der Waals surface area (Å²) in [5, 5.41) is 9.31. The average molecular weight is 406 g/mol. The molecular formula is C21H16BrN3O. The Morgan fingerprint density at radius 1 is 0.962 bits per heavy atom. The molecule has 1 amide bonds. The van der Waals surface area contributed by atoms with E-state index < -0.39 is 0 Å². The number of hydrogen-bond donors (Lipinski definition) is 1. The van der Waals surface area contributed by atoms with Crippen molar-refractivity contribution >= 4 is 38.4 Å². The van der Waals surface area contributed by atoms with Crippen LogP contribution >= 0.6 is 15.9 Å². The molecule has 0 saturated heterocycles. The minimum absolute atomic E-state index is 0.143. The molecule has 0 saturated carbocycles. The molecular weight excluding hydrogens is 390 g/mol. The van der Waals surface area contributed by atoms with Gasteiger partial charge in [0.2, 0.25) is 0 Å². The fourth-order valence-electron chi connectivity index (χ4n) is 2.96. The van der Waals surface area contributed by atoms with Crippen LogP contribution in [-0.2, 0) is 6.54 Å². The quantitative estimate of drug-likeness (QED) is 0.513. The molecule has 5 heteroatoms. The largest absolute Gasteiger partial charge is 0.307 e. The van der Waals surface area contributed by atoms with Crippen molar-refractivity contribution < 1.29 is 4.79 Å². The molecule has 0 aliphatic rings. The molecule has 0 atom stereocenters. The molecule has 0 spiro atoms. The molecule has 0 aliphatic carbocycles. The lowest BCUT2D eigenvalue weighted by atomic mass is 10.0. The number of halogens is 1. The first-order chi connectivity index (χ1) is 12.7. The Morgan fingerprint density at radius 2 is 1.73 bits per heavy atom. The molecule has 128 valence electrons. The van der Waals surface area contributed by atoms with Gasteiger partial charge in [-0.05, 0) is 28.5 Å². The fraction of sp³-hybridized carbons (Fsp3) is 0.0476. The number of nitrogens with one attached hydrogen (secondary N) is 1. The fourth-order valence-corrected chi connectivity index (χ4v) is 3.37. The summed E-state index contributed by atoms with van der Waals surface area (Å²) >= 11 is 3.55. The predicted octanol–water partition coefficient (Wildman–Crippen LogP) is 5.10. The van der Waals surface area contributed by atoms with Crippen LogP contribution in [0, 0.1) is 0 Å². The van der Waals surface area contributed by atoms with Crippen molar-refractivity contribution in [3.05, 3.63) is 94.6 Å². The van der Waals surface area contributed by atoms with Gasteiger partial charge in [0, 0.05) is 16.1 Å². The second kappa shape index (κ2) is 7.14. The summed E-state index contributed by atoms with van der Waals surface area (Å²) in [6.45, 7) is 0.569. The van der Waals surface area contributed by atoms with Gasteiger partial charge >= 0.3 is 0 Å². The maximum absolute atomic E-state index is 12.8. The smallest absolute Gasteiger partial charge is 0.257 e. The van der Waals surface area contributed by atoms with E-state index in [1.165, 1.54) is 0 Å². The highest BCUT2D eigenvalue weighted by Gasteiger charge is 2.13. The Hall–Kier alpha value is -2.92. The monoisotopic (exact) mass is 405 g/mol. The van der Waals surface area contributed by atoms with Crippen LogP contribution in [0.4, 0.5) is 5.82 Å². The van der Waals surface area contributed by atoms with Crippen molar-refractivity contribution in [1.29, 1.82) is 0 Å². The average Bonchev–Trinajstić information content (AvgIpc) is 3.10. The number of fused-ring (bicyclic) bond motifs is 1. The summed E-state index contributed by atoms with van der Waals surface area (Å²) in [4.78, 5) is 12.8. The standard InChI is InChI=1S/C21H16BrN3O/c22-19-11-4-2-7-16(19)14-25-20(12-13-23-25)24-21(26)18-10-5-8-15-6-1-3-9-17(15)18/h1-13H,14H2,(H,24,26). The molecule has 3 aromatic carbocycles. The van der Waals surface area contributed by atoms with E-state index in [0.29, 0.717) is 17.9 Å². The van der Waals surface area contributed by atoms with Crippen molar-refractivity contribution in [1.82, 2.24) is 9.78 Å². The van der Waals surface area contributed by atoms with Crippen LogP contribution in [0.3, 0.4) is 0 Å². The summed E-state index contributed by atoms with van der Waals surface area (Å²) in [7, 11) is 0. The van der Waals surface area contributed by atoms with E-state index in [9.17, 15) is 4.79 Å². The van der Waals surface area contributed by atoms with Gasteiger partial charge in [0.15, 0.2) is 0 Å². The van der Waals surface area contributed by atoms with Gasteiger partial charge in [-0.25, -0.2) is 4.68 Å². The van der Waals surface area contributed by atoms with Crippen LogP contribution in [0.25, 0.3) is 10.8 Å². The van der Waals surface area contributed by atoms with E-state index in [0.717, 1.165) is 20.8 Å². The number of amides is 1. The lowest BCUT2D eigenvalue weighted by molar-refractivity contribution is 0.102. The summed E-state index contributed by atoms with van der Waals surface area (Å²) in [5.74, 6) is 0.523. The second-order valence-electron chi connectivity index (χ2n) is 5.95. The van der Waals surface area contributed by atoms with Crippen molar-refractivity contribution in [3.63, 3.8) is 0 Å². The molecule has 1 aromatic heterocycles. The van der Waals surface area contributed by atoms with Crippen molar-refractivity contribution in [2.24, 2.45) is 0 Å². The number of hydrogen-bond acceptors (Lipinski definition) is 2. The first-order valence-corrected chi connectivity index (χ1v) is 9.06. The van der Waals surface area contributed by atoms with Crippen LogP contribution < -0.4 is 5.32 Å². The van der Waals surface area contributed by atoms with Crippen LogP contribution in [-0.4, -0.2) is 15.7 Å². The molecule has 0 unspecified atom stereocenters. The Balaban J connectivity index is 1.61. The number of anilines is 1. The molecule has 0 fully saturated rings. The molecule has 26 heavy (non-hydrogen) atoms. The van der Waals surface area contributed by atoms with Crippen molar-refractivity contribution in [2.45, 2.75) is 6.54 Å². The molecule has 4 nitrogen and oxygen atoms in total. The molecule has 4 aromatic rings. The molecule has 0 bridgehead atoms. The molecule has 0 radical (unpaired) electrons. The number of carbonyl (C=O) groups is 1. The Labute approximate surface area is 159 Å². The SMILES string of the molecule is O=C(Nc1ccnn1Cc1ccccc1Br)c1cccc2ccccc12. The lowest BCUT2D eigenvalue weighted by Crippen LogP contribution is -2.16. The zero-order valence-corrected chi connectivity index (χ0v) is 15.5. The minimum atomic E-state index is -0.143. The normalized spacial score (nSPS) is 10.8. The van der Waals surface area contributed by atoms with E-state index in [1.807, 2.05) is 66.7 Å². The van der Waals surface area contributed by atoms with Crippen LogP contribution in [0.2, 0.25) is 0 Å². The number of benzene rings is 3. The zero-order valence-electron chi connectivity index (χ0n) is 13.9. The summed E-state index contributed by atoms with van der Waals surface area (Å²) < 4.78 is 2.80. The maximum Gasteiger partial charge on any atom is 0.257 e. The number of carbonyl (C=O) groups excluding carboxylic acids is 1. The van der Waals surface area contributed by atoms with Gasteiger partial charge in [-0.2, -0.15) is 5.10 Å². The van der Waals surface area contributed by atoms with Crippen LogP contribution in [0.1, 0.15) is 15.9 Å². The van der Waals surface area contributed by atoms with Gasteiger partial charge in [-0.15, -0.1) is 0 Å². The van der Waals surface area contributed by atoms with E-state index in [1.54, 1.807) is 16.9 Å². The van der Waals surface area contributed by atoms with Gasteiger partial charge in [0.05, 0.1) is 12.7 Å². The van der Waals surface area contributed by atoms with E-state index in [4.69, 9.17) is 0 Å². The van der Waals surface area contributed by atoms with E-state index >= 15 is 0 Å². The van der Waals surface area contributed by atoms with Gasteiger partial charge in [0.1, 0.15) is 5.82 Å². The third kappa shape index (κ3) is 3.26. The molecule has 1 N–H and O–H groups in total. The number of nitrogens with zero attached hydrogens (tertiary/aromatic N) is 2. The Kier molecular flexibility index (Phi) is 4.54. The van der Waals surface area contributed by atoms with Gasteiger partial charge in [-0.3, -0.25) is 4.79 Å². The zero-order chi connectivity index (χ0) is 17.9. The van der Waals surface area contributed by atoms with E-state index in [-0.39, 0.29) is 5.91 Å². The van der Waals surface area contributed by atoms with Crippen molar-refractivity contribution in [3.8, 4) is 0 Å². The molecule has 1 heterocycles. The van der Waals surface area contributed by atoms with E-state index in [2.05, 4.69) is 26.3 Å². The first kappa shape index (κ1) is 16.5. The minimum Gasteiger partial charge on any atom is -0.307 e. The molecule has 0 aliphatic heterocycles. The maximum atomic E-state index is 12.8. The summed E-state index contributed by atoms with van der Waals surface area (Å²) in [6.07, 6.45) is 1.69. The highest BCUT2D eigenvalue weighted by Crippen LogP contribution is 2.21. The highest BCUT2D eigenvalue weighted by molar-refractivity contribution is 9.10. The highest BCUT2D eigenvalue weighted by atomic mass is 79.9. The second-order valence-corrected chi connectivity index (χ2v) is 6.80. The third-order valence-electron chi connectivity index (χ3n) is 4.27.